The molecule has 0 spiro atoms. The summed E-state index contributed by atoms with van der Waals surface area (Å²) >= 11 is 1.10. The summed E-state index contributed by atoms with van der Waals surface area (Å²) in [6.45, 7) is 0. The van der Waals surface area contributed by atoms with Crippen molar-refractivity contribution in [2.24, 2.45) is 0 Å². The standard InChI is InChI=1S/C12H8N4O2S/c17-12(18)9-6-7-10(19-9)16-14-11(13-15-16)8-4-2-1-3-5-8/h1-7H,(H,17,18). The van der Waals surface area contributed by atoms with E-state index in [1.165, 1.54) is 10.9 Å². The van der Waals surface area contributed by atoms with Gasteiger partial charge in [0.2, 0.25) is 5.82 Å². The second-order valence-corrected chi connectivity index (χ2v) is 4.77. The average Bonchev–Trinajstić information content (AvgIpc) is 3.09. The van der Waals surface area contributed by atoms with Crippen LogP contribution in [0.3, 0.4) is 0 Å². The van der Waals surface area contributed by atoms with Crippen LogP contribution in [0.25, 0.3) is 16.4 Å². The lowest BCUT2D eigenvalue weighted by Crippen LogP contribution is -1.95. The molecule has 0 atom stereocenters. The normalized spacial score (nSPS) is 10.5. The largest absolute Gasteiger partial charge is 0.477 e. The maximum Gasteiger partial charge on any atom is 0.345 e. The van der Waals surface area contributed by atoms with Crippen LogP contribution in [0.1, 0.15) is 9.67 Å². The van der Waals surface area contributed by atoms with Crippen molar-refractivity contribution in [3.8, 4) is 16.4 Å². The van der Waals surface area contributed by atoms with Gasteiger partial charge in [-0.15, -0.1) is 26.3 Å². The molecule has 0 amide bonds. The smallest absolute Gasteiger partial charge is 0.345 e. The van der Waals surface area contributed by atoms with Crippen molar-refractivity contribution >= 4 is 17.3 Å². The Morgan fingerprint density at radius 2 is 1.95 bits per heavy atom. The van der Waals surface area contributed by atoms with E-state index in [2.05, 4.69) is 15.4 Å². The summed E-state index contributed by atoms with van der Waals surface area (Å²) in [5.74, 6) is -0.453. The van der Waals surface area contributed by atoms with Gasteiger partial charge in [0.25, 0.3) is 0 Å². The number of thiophene rings is 1. The molecule has 2 heterocycles. The van der Waals surface area contributed by atoms with E-state index >= 15 is 0 Å². The number of aromatic nitrogens is 4. The van der Waals surface area contributed by atoms with Gasteiger partial charge in [-0.25, -0.2) is 4.79 Å². The van der Waals surface area contributed by atoms with E-state index in [0.717, 1.165) is 16.9 Å². The van der Waals surface area contributed by atoms with Crippen molar-refractivity contribution in [2.45, 2.75) is 0 Å². The Bertz CT molecular complexity index is 720. The van der Waals surface area contributed by atoms with E-state index in [4.69, 9.17) is 5.11 Å². The fourth-order valence-electron chi connectivity index (χ4n) is 1.56. The summed E-state index contributed by atoms with van der Waals surface area (Å²) in [6.07, 6.45) is 0. The molecule has 2 aromatic heterocycles. The molecule has 0 aliphatic heterocycles. The maximum absolute atomic E-state index is 10.8. The minimum absolute atomic E-state index is 0.244. The zero-order valence-corrected chi connectivity index (χ0v) is 10.4. The van der Waals surface area contributed by atoms with Crippen molar-refractivity contribution in [2.75, 3.05) is 0 Å². The highest BCUT2D eigenvalue weighted by Gasteiger charge is 2.11. The molecule has 0 bridgehead atoms. The second kappa shape index (κ2) is 4.62. The fourth-order valence-corrected chi connectivity index (χ4v) is 2.30. The molecule has 0 saturated heterocycles. The van der Waals surface area contributed by atoms with Gasteiger partial charge >= 0.3 is 5.97 Å². The van der Waals surface area contributed by atoms with Gasteiger partial charge in [0.1, 0.15) is 9.88 Å². The maximum atomic E-state index is 10.8. The number of rotatable bonds is 3. The number of hydrogen-bond donors (Lipinski definition) is 1. The lowest BCUT2D eigenvalue weighted by Gasteiger charge is -1.92. The Balaban J connectivity index is 1.94. The number of hydrogen-bond acceptors (Lipinski definition) is 5. The number of tetrazole rings is 1. The first-order valence-corrected chi connectivity index (χ1v) is 6.24. The number of aromatic carboxylic acids is 1. The molecule has 0 aliphatic rings. The molecule has 3 aromatic rings. The molecule has 94 valence electrons. The minimum atomic E-state index is -0.959. The van der Waals surface area contributed by atoms with Crippen LogP contribution < -0.4 is 0 Å². The van der Waals surface area contributed by atoms with Crippen LogP contribution in [0, 0.1) is 0 Å². The Morgan fingerprint density at radius 3 is 2.63 bits per heavy atom. The van der Waals surface area contributed by atoms with Crippen LogP contribution in [0.2, 0.25) is 0 Å². The zero-order chi connectivity index (χ0) is 13.2. The van der Waals surface area contributed by atoms with Crippen LogP contribution >= 0.6 is 11.3 Å². The fraction of sp³-hybridized carbons (Fsp3) is 0. The Kier molecular flexibility index (Phi) is 2.81. The van der Waals surface area contributed by atoms with Gasteiger partial charge < -0.3 is 5.11 Å². The molecule has 6 nitrogen and oxygen atoms in total. The molecule has 3 rings (SSSR count). The quantitative estimate of drug-likeness (QED) is 0.789. The van der Waals surface area contributed by atoms with Gasteiger partial charge in [-0.05, 0) is 17.3 Å². The lowest BCUT2D eigenvalue weighted by molar-refractivity contribution is 0.0702. The van der Waals surface area contributed by atoms with Crippen LogP contribution in [-0.4, -0.2) is 31.3 Å². The molecule has 0 unspecified atom stereocenters. The summed E-state index contributed by atoms with van der Waals surface area (Å²) in [4.78, 5) is 12.4. The van der Waals surface area contributed by atoms with Crippen molar-refractivity contribution in [3.63, 3.8) is 0 Å². The van der Waals surface area contributed by atoms with Crippen LogP contribution in [-0.2, 0) is 0 Å². The topological polar surface area (TPSA) is 80.9 Å². The number of carbonyl (C=O) groups is 1. The van der Waals surface area contributed by atoms with Gasteiger partial charge in [0, 0.05) is 5.56 Å². The Labute approximate surface area is 111 Å². The van der Waals surface area contributed by atoms with Gasteiger partial charge in [-0.2, -0.15) is 0 Å². The van der Waals surface area contributed by atoms with Crippen LogP contribution in [0.4, 0.5) is 0 Å². The highest BCUT2D eigenvalue weighted by molar-refractivity contribution is 7.16. The summed E-state index contributed by atoms with van der Waals surface area (Å²) in [5, 5.41) is 21.6. The number of carboxylic acid groups (broad SMARTS) is 1. The molecular weight excluding hydrogens is 264 g/mol. The van der Waals surface area contributed by atoms with Crippen molar-refractivity contribution < 1.29 is 9.90 Å². The number of benzene rings is 1. The molecule has 0 radical (unpaired) electrons. The summed E-state index contributed by atoms with van der Waals surface area (Å²) in [7, 11) is 0. The van der Waals surface area contributed by atoms with Crippen LogP contribution in [0.15, 0.2) is 42.5 Å². The molecule has 1 N–H and O–H groups in total. The van der Waals surface area contributed by atoms with E-state index in [-0.39, 0.29) is 4.88 Å². The zero-order valence-electron chi connectivity index (χ0n) is 9.59. The molecule has 0 aliphatic carbocycles. The minimum Gasteiger partial charge on any atom is -0.477 e. The predicted molar refractivity (Wildman–Crippen MR) is 69.4 cm³/mol. The first kappa shape index (κ1) is 11.5. The number of carboxylic acids is 1. The summed E-state index contributed by atoms with van der Waals surface area (Å²) < 4.78 is 0. The third-order valence-corrected chi connectivity index (χ3v) is 3.48. The van der Waals surface area contributed by atoms with E-state index in [1.807, 2.05) is 30.3 Å². The van der Waals surface area contributed by atoms with E-state index in [9.17, 15) is 4.79 Å². The van der Waals surface area contributed by atoms with E-state index in [0.29, 0.717) is 10.8 Å². The third-order valence-electron chi connectivity index (χ3n) is 2.45. The van der Waals surface area contributed by atoms with Crippen molar-refractivity contribution in [1.82, 2.24) is 20.2 Å². The highest BCUT2D eigenvalue weighted by atomic mass is 32.1. The first-order valence-electron chi connectivity index (χ1n) is 5.43. The lowest BCUT2D eigenvalue weighted by atomic mass is 10.2. The molecule has 19 heavy (non-hydrogen) atoms. The monoisotopic (exact) mass is 272 g/mol. The van der Waals surface area contributed by atoms with E-state index in [1.54, 1.807) is 6.07 Å². The molecule has 0 saturated carbocycles. The van der Waals surface area contributed by atoms with Gasteiger partial charge in [0.15, 0.2) is 0 Å². The summed E-state index contributed by atoms with van der Waals surface area (Å²) in [6, 6.07) is 12.6. The average molecular weight is 272 g/mol. The van der Waals surface area contributed by atoms with Gasteiger partial charge in [0.05, 0.1) is 0 Å². The molecule has 1 aromatic carbocycles. The van der Waals surface area contributed by atoms with Crippen LogP contribution in [0.5, 0.6) is 0 Å². The van der Waals surface area contributed by atoms with Gasteiger partial charge in [-0.3, -0.25) is 0 Å². The molecule has 0 fully saturated rings. The number of nitrogens with zero attached hydrogens (tertiary/aromatic N) is 4. The first-order chi connectivity index (χ1) is 9.24. The SMILES string of the molecule is O=C(O)c1ccc(-n2nnc(-c3ccccc3)n2)s1. The van der Waals surface area contributed by atoms with Gasteiger partial charge in [-0.1, -0.05) is 30.3 Å². The summed E-state index contributed by atoms with van der Waals surface area (Å²) in [5.41, 5.74) is 0.865. The van der Waals surface area contributed by atoms with Crippen molar-refractivity contribution in [1.29, 1.82) is 0 Å². The van der Waals surface area contributed by atoms with Crippen molar-refractivity contribution in [3.05, 3.63) is 47.3 Å². The Hall–Kier alpha value is -2.54. The third kappa shape index (κ3) is 2.23. The highest BCUT2D eigenvalue weighted by Crippen LogP contribution is 2.20. The molecule has 7 heteroatoms. The molecular formula is C12H8N4O2S. The van der Waals surface area contributed by atoms with E-state index < -0.39 is 5.97 Å². The Morgan fingerprint density at radius 1 is 1.16 bits per heavy atom. The second-order valence-electron chi connectivity index (χ2n) is 3.71. The predicted octanol–water partition coefficient (Wildman–Crippen LogP) is 2.09.